The molecule has 0 radical (unpaired) electrons. The number of carbonyl (C=O) groups excluding carboxylic acids is 1. The minimum Gasteiger partial charge on any atom is -0.439 e. The van der Waals surface area contributed by atoms with Crippen LogP contribution in [0.3, 0.4) is 0 Å². The van der Waals surface area contributed by atoms with E-state index in [1.807, 2.05) is 53.4 Å². The fourth-order valence-corrected chi connectivity index (χ4v) is 3.55. The lowest BCUT2D eigenvalue weighted by molar-refractivity contribution is 0.130. The third kappa shape index (κ3) is 4.92. The second kappa shape index (κ2) is 9.41. The smallest absolute Gasteiger partial charge is 0.411 e. The molecule has 3 rings (SSSR count). The van der Waals surface area contributed by atoms with Gasteiger partial charge < -0.3 is 4.74 Å². The standard InChI is InChI=1S/C25H29NO2/c1-19(2)11-10-12-20(3)17-18-26-23(21-13-6-4-7-14-21)24(28-25(26)27)22-15-8-5-9-16-22/h4-9,11,13-17,23-24H,10,12,18H2,1-3H3/b20-17+/t23-,24+/m1/s1. The molecule has 0 aromatic heterocycles. The Bertz CT molecular complexity index is 835. The molecule has 1 heterocycles. The summed E-state index contributed by atoms with van der Waals surface area (Å²) in [7, 11) is 0. The minimum atomic E-state index is -0.296. The third-order valence-electron chi connectivity index (χ3n) is 5.08. The van der Waals surface area contributed by atoms with Crippen molar-refractivity contribution in [3.63, 3.8) is 0 Å². The first-order chi connectivity index (χ1) is 13.6. The lowest BCUT2D eigenvalue weighted by Gasteiger charge is -2.24. The zero-order chi connectivity index (χ0) is 19.9. The molecule has 1 saturated heterocycles. The largest absolute Gasteiger partial charge is 0.439 e. The molecule has 0 bridgehead atoms. The van der Waals surface area contributed by atoms with Gasteiger partial charge in [-0.2, -0.15) is 0 Å². The topological polar surface area (TPSA) is 29.5 Å². The van der Waals surface area contributed by atoms with Gasteiger partial charge in [0.25, 0.3) is 0 Å². The van der Waals surface area contributed by atoms with Crippen LogP contribution in [0, 0.1) is 0 Å². The van der Waals surface area contributed by atoms with E-state index < -0.39 is 0 Å². The van der Waals surface area contributed by atoms with Crippen LogP contribution in [0.25, 0.3) is 0 Å². The van der Waals surface area contributed by atoms with Gasteiger partial charge in [0.1, 0.15) is 6.04 Å². The summed E-state index contributed by atoms with van der Waals surface area (Å²) in [5.41, 5.74) is 4.75. The Balaban J connectivity index is 1.82. The van der Waals surface area contributed by atoms with Gasteiger partial charge in [-0.3, -0.25) is 4.90 Å². The maximum atomic E-state index is 12.7. The van der Waals surface area contributed by atoms with Gasteiger partial charge in [0.2, 0.25) is 0 Å². The van der Waals surface area contributed by atoms with Crippen molar-refractivity contribution >= 4 is 6.09 Å². The van der Waals surface area contributed by atoms with E-state index in [0.717, 1.165) is 24.0 Å². The number of hydrogen-bond acceptors (Lipinski definition) is 2. The van der Waals surface area contributed by atoms with Crippen LogP contribution in [-0.2, 0) is 4.74 Å². The molecule has 1 amide bonds. The number of allylic oxidation sites excluding steroid dienone is 3. The zero-order valence-electron chi connectivity index (χ0n) is 17.0. The Morgan fingerprint density at radius 2 is 1.54 bits per heavy atom. The summed E-state index contributed by atoms with van der Waals surface area (Å²) in [4.78, 5) is 14.6. The Morgan fingerprint density at radius 3 is 2.14 bits per heavy atom. The monoisotopic (exact) mass is 375 g/mol. The lowest BCUT2D eigenvalue weighted by atomic mass is 9.95. The van der Waals surface area contributed by atoms with Crippen molar-refractivity contribution in [1.82, 2.24) is 4.90 Å². The van der Waals surface area contributed by atoms with Gasteiger partial charge in [-0.25, -0.2) is 4.79 Å². The van der Waals surface area contributed by atoms with Crippen molar-refractivity contribution in [3.05, 3.63) is 95.1 Å². The van der Waals surface area contributed by atoms with Crippen LogP contribution in [0.15, 0.2) is 84.0 Å². The van der Waals surface area contributed by atoms with E-state index in [9.17, 15) is 4.79 Å². The molecule has 2 atom stereocenters. The predicted molar refractivity (Wildman–Crippen MR) is 114 cm³/mol. The molecule has 0 aliphatic carbocycles. The highest BCUT2D eigenvalue weighted by Crippen LogP contribution is 2.42. The van der Waals surface area contributed by atoms with Gasteiger partial charge >= 0.3 is 6.09 Å². The quantitative estimate of drug-likeness (QED) is 0.509. The van der Waals surface area contributed by atoms with Crippen molar-refractivity contribution in [2.45, 2.75) is 45.8 Å². The number of hydrogen-bond donors (Lipinski definition) is 0. The molecular formula is C25H29NO2. The van der Waals surface area contributed by atoms with Crippen molar-refractivity contribution in [2.75, 3.05) is 6.54 Å². The normalized spacial score (nSPS) is 19.5. The summed E-state index contributed by atoms with van der Waals surface area (Å²) in [5.74, 6) is 0. The third-order valence-corrected chi connectivity index (χ3v) is 5.08. The van der Waals surface area contributed by atoms with Crippen LogP contribution in [0.5, 0.6) is 0 Å². The van der Waals surface area contributed by atoms with E-state index in [2.05, 4.69) is 45.1 Å². The number of cyclic esters (lactones) is 1. The van der Waals surface area contributed by atoms with Gasteiger partial charge in [-0.15, -0.1) is 0 Å². The maximum absolute atomic E-state index is 12.7. The molecule has 0 saturated carbocycles. The SMILES string of the molecule is CC(C)=CCC/C(C)=C/CN1C(=O)O[C@@H](c2ccccc2)[C@H]1c1ccccc1. The van der Waals surface area contributed by atoms with Crippen LogP contribution in [0.2, 0.25) is 0 Å². The van der Waals surface area contributed by atoms with Gasteiger partial charge in [0, 0.05) is 6.54 Å². The maximum Gasteiger partial charge on any atom is 0.411 e. The Hall–Kier alpha value is -2.81. The fourth-order valence-electron chi connectivity index (χ4n) is 3.55. The second-order valence-electron chi connectivity index (χ2n) is 7.59. The Morgan fingerprint density at radius 1 is 0.929 bits per heavy atom. The Labute approximate surface area is 168 Å². The summed E-state index contributed by atoms with van der Waals surface area (Å²) in [6, 6.07) is 20.0. The van der Waals surface area contributed by atoms with Crippen LogP contribution in [0.4, 0.5) is 4.79 Å². The minimum absolute atomic E-state index is 0.127. The summed E-state index contributed by atoms with van der Waals surface area (Å²) in [6.07, 6.45) is 5.89. The molecule has 0 N–H and O–H groups in total. The van der Waals surface area contributed by atoms with Crippen molar-refractivity contribution in [1.29, 1.82) is 0 Å². The number of benzene rings is 2. The molecule has 28 heavy (non-hydrogen) atoms. The van der Waals surface area contributed by atoms with Crippen LogP contribution >= 0.6 is 0 Å². The van der Waals surface area contributed by atoms with E-state index in [1.165, 1.54) is 11.1 Å². The van der Waals surface area contributed by atoms with Gasteiger partial charge in [0.15, 0.2) is 6.10 Å². The van der Waals surface area contributed by atoms with Crippen LogP contribution < -0.4 is 0 Å². The molecule has 3 nitrogen and oxygen atoms in total. The molecule has 146 valence electrons. The summed E-state index contributed by atoms with van der Waals surface area (Å²) < 4.78 is 5.82. The molecule has 0 unspecified atom stereocenters. The number of rotatable bonds is 7. The molecule has 1 aliphatic rings. The van der Waals surface area contributed by atoms with Gasteiger partial charge in [-0.05, 0) is 44.7 Å². The highest BCUT2D eigenvalue weighted by atomic mass is 16.6. The number of carbonyl (C=O) groups is 1. The first-order valence-corrected chi connectivity index (χ1v) is 9.92. The summed E-state index contributed by atoms with van der Waals surface area (Å²) in [5, 5.41) is 0. The van der Waals surface area contributed by atoms with Crippen LogP contribution in [0.1, 0.15) is 56.9 Å². The first-order valence-electron chi connectivity index (χ1n) is 9.92. The van der Waals surface area contributed by atoms with Crippen LogP contribution in [-0.4, -0.2) is 17.5 Å². The molecule has 3 heteroatoms. The molecule has 0 spiro atoms. The first kappa shape index (κ1) is 19.9. The van der Waals surface area contributed by atoms with E-state index in [-0.39, 0.29) is 18.2 Å². The van der Waals surface area contributed by atoms with E-state index in [1.54, 1.807) is 0 Å². The second-order valence-corrected chi connectivity index (χ2v) is 7.59. The van der Waals surface area contributed by atoms with Gasteiger partial charge in [-0.1, -0.05) is 84.0 Å². The van der Waals surface area contributed by atoms with E-state index in [4.69, 9.17) is 4.74 Å². The Kier molecular flexibility index (Phi) is 6.70. The molecular weight excluding hydrogens is 346 g/mol. The number of amides is 1. The number of nitrogens with zero attached hydrogens (tertiary/aromatic N) is 1. The van der Waals surface area contributed by atoms with Gasteiger partial charge in [0.05, 0.1) is 0 Å². The molecule has 2 aromatic carbocycles. The van der Waals surface area contributed by atoms with Crippen molar-refractivity contribution in [3.8, 4) is 0 Å². The highest BCUT2D eigenvalue weighted by Gasteiger charge is 2.42. The highest BCUT2D eigenvalue weighted by molar-refractivity contribution is 5.72. The molecule has 1 fully saturated rings. The average Bonchev–Trinajstić information content (AvgIpc) is 3.03. The van der Waals surface area contributed by atoms with E-state index >= 15 is 0 Å². The predicted octanol–water partition coefficient (Wildman–Crippen LogP) is 6.61. The summed E-state index contributed by atoms with van der Waals surface area (Å²) >= 11 is 0. The molecule has 1 aliphatic heterocycles. The number of ether oxygens (including phenoxy) is 1. The van der Waals surface area contributed by atoms with Crippen molar-refractivity contribution in [2.24, 2.45) is 0 Å². The average molecular weight is 376 g/mol. The fraction of sp³-hybridized carbons (Fsp3) is 0.320. The van der Waals surface area contributed by atoms with Crippen molar-refractivity contribution < 1.29 is 9.53 Å². The zero-order valence-corrected chi connectivity index (χ0v) is 17.0. The lowest BCUT2D eigenvalue weighted by Crippen LogP contribution is -2.28. The summed E-state index contributed by atoms with van der Waals surface area (Å²) in [6.45, 7) is 6.93. The van der Waals surface area contributed by atoms with E-state index in [0.29, 0.717) is 6.54 Å². The molecule has 2 aromatic rings.